The van der Waals surface area contributed by atoms with Gasteiger partial charge in [0, 0.05) is 33.6 Å². The molecule has 0 bridgehead atoms. The van der Waals surface area contributed by atoms with Gasteiger partial charge in [-0.3, -0.25) is 28.8 Å². The molecule has 14 heteroatoms. The fraction of sp³-hybridized carbons (Fsp3) is 0.800. The van der Waals surface area contributed by atoms with Gasteiger partial charge in [0.25, 0.3) is 5.91 Å². The first-order chi connectivity index (χ1) is 20.6. The number of nitrogens with zero attached hydrogens (tertiary/aromatic N) is 3. The Morgan fingerprint density at radius 3 is 2.16 bits per heavy atom. The maximum atomic E-state index is 14.0. The van der Waals surface area contributed by atoms with Crippen molar-refractivity contribution >= 4 is 35.5 Å². The highest BCUT2D eigenvalue weighted by Gasteiger charge is 2.45. The molecule has 8 atom stereocenters. The number of carbonyl (C=O) groups is 6. The molecule has 2 heterocycles. The highest BCUT2D eigenvalue weighted by Crippen LogP contribution is 2.27. The zero-order valence-electron chi connectivity index (χ0n) is 27.2. The van der Waals surface area contributed by atoms with Crippen molar-refractivity contribution < 1.29 is 43.7 Å². The predicted molar refractivity (Wildman–Crippen MR) is 160 cm³/mol. The number of likely N-dealkylation sites (N-methyl/N-ethyl adjacent to an activating group) is 2. The smallest absolute Gasteiger partial charge is 0.308 e. The molecule has 0 aliphatic carbocycles. The molecule has 2 fully saturated rings. The third-order valence-corrected chi connectivity index (χ3v) is 8.86. The number of cyclic esters (lactones) is 1. The Labute approximate surface area is 259 Å². The first kappa shape index (κ1) is 36.9. The highest BCUT2D eigenvalue weighted by molar-refractivity contribution is 5.96. The molecule has 2 aliphatic rings. The fourth-order valence-electron chi connectivity index (χ4n) is 5.70. The summed E-state index contributed by atoms with van der Waals surface area (Å²) in [6.07, 6.45) is -2.56. The van der Waals surface area contributed by atoms with Crippen LogP contribution < -0.4 is 10.6 Å². The Bertz CT molecular complexity index is 1070. The predicted octanol–water partition coefficient (Wildman–Crippen LogP) is -0.741. The van der Waals surface area contributed by atoms with Gasteiger partial charge in [-0.25, -0.2) is 0 Å². The van der Waals surface area contributed by atoms with Gasteiger partial charge in [-0.1, -0.05) is 41.0 Å². The molecule has 8 unspecified atom stereocenters. The van der Waals surface area contributed by atoms with Gasteiger partial charge >= 0.3 is 5.97 Å². The molecular formula is C30H51N5O9. The molecular weight excluding hydrogens is 574 g/mol. The van der Waals surface area contributed by atoms with E-state index in [0.717, 1.165) is 0 Å². The molecule has 44 heavy (non-hydrogen) atoms. The van der Waals surface area contributed by atoms with E-state index in [0.29, 0.717) is 12.8 Å². The Morgan fingerprint density at radius 2 is 1.59 bits per heavy atom. The number of aliphatic hydroxyl groups excluding tert-OH is 2. The Morgan fingerprint density at radius 1 is 0.955 bits per heavy atom. The molecule has 2 aliphatic heterocycles. The number of nitrogens with one attached hydrogen (secondary N) is 2. The van der Waals surface area contributed by atoms with Gasteiger partial charge in [-0.05, 0) is 31.1 Å². The summed E-state index contributed by atoms with van der Waals surface area (Å²) >= 11 is 0. The van der Waals surface area contributed by atoms with Gasteiger partial charge < -0.3 is 40.3 Å². The average Bonchev–Trinajstić information content (AvgIpc) is 3.37. The third kappa shape index (κ3) is 8.68. The number of aliphatic hydroxyl groups is 2. The van der Waals surface area contributed by atoms with E-state index < -0.39 is 84.9 Å². The monoisotopic (exact) mass is 625 g/mol. The second kappa shape index (κ2) is 16.2. The molecule has 2 saturated heterocycles. The molecule has 14 nitrogen and oxygen atoms in total. The van der Waals surface area contributed by atoms with E-state index >= 15 is 0 Å². The number of hydrogen-bond acceptors (Lipinski definition) is 9. The Kier molecular flexibility index (Phi) is 13.6. The van der Waals surface area contributed by atoms with Crippen LogP contribution in [0.3, 0.4) is 0 Å². The summed E-state index contributed by atoms with van der Waals surface area (Å²) in [5, 5.41) is 25.0. The number of fused-ring (bicyclic) bond motifs is 1. The molecule has 0 aromatic carbocycles. The lowest BCUT2D eigenvalue weighted by Gasteiger charge is -2.38. The van der Waals surface area contributed by atoms with E-state index in [9.17, 15) is 39.0 Å². The topological polar surface area (TPSA) is 186 Å². The number of amides is 5. The summed E-state index contributed by atoms with van der Waals surface area (Å²) in [6.45, 7) is 9.93. The quantitative estimate of drug-likeness (QED) is 0.276. The zero-order valence-corrected chi connectivity index (χ0v) is 27.2. The molecule has 2 rings (SSSR count). The van der Waals surface area contributed by atoms with Crippen LogP contribution in [-0.4, -0.2) is 131 Å². The number of carbonyl (C=O) groups excluding carboxylic acids is 6. The fourth-order valence-corrected chi connectivity index (χ4v) is 5.70. The van der Waals surface area contributed by atoms with Crippen molar-refractivity contribution in [2.75, 3.05) is 33.8 Å². The summed E-state index contributed by atoms with van der Waals surface area (Å²) in [5.41, 5.74) is 0. The van der Waals surface area contributed by atoms with Crippen molar-refractivity contribution in [3.8, 4) is 0 Å². The Balaban J connectivity index is 2.59. The van der Waals surface area contributed by atoms with Crippen molar-refractivity contribution in [3.63, 3.8) is 0 Å². The van der Waals surface area contributed by atoms with Crippen LogP contribution >= 0.6 is 0 Å². The van der Waals surface area contributed by atoms with Gasteiger partial charge in [-0.15, -0.1) is 0 Å². The van der Waals surface area contributed by atoms with Crippen molar-refractivity contribution in [1.82, 2.24) is 25.3 Å². The number of rotatable bonds is 6. The lowest BCUT2D eigenvalue weighted by Crippen LogP contribution is -2.61. The van der Waals surface area contributed by atoms with Crippen LogP contribution in [0, 0.1) is 17.8 Å². The number of hydrogen-bond donors (Lipinski definition) is 4. The average molecular weight is 626 g/mol. The summed E-state index contributed by atoms with van der Waals surface area (Å²) < 4.78 is 5.42. The van der Waals surface area contributed by atoms with Crippen molar-refractivity contribution in [1.29, 1.82) is 0 Å². The number of ether oxygens (including phenoxy) is 1. The van der Waals surface area contributed by atoms with Crippen LogP contribution in [0.4, 0.5) is 0 Å². The molecule has 4 N–H and O–H groups in total. The van der Waals surface area contributed by atoms with Gasteiger partial charge in [0.2, 0.25) is 23.6 Å². The van der Waals surface area contributed by atoms with E-state index in [1.54, 1.807) is 20.8 Å². The molecule has 5 amide bonds. The maximum absolute atomic E-state index is 14.0. The molecule has 0 spiro atoms. The summed E-state index contributed by atoms with van der Waals surface area (Å²) in [6, 6.07) is -3.90. The van der Waals surface area contributed by atoms with E-state index in [2.05, 4.69) is 10.6 Å². The van der Waals surface area contributed by atoms with Crippen LogP contribution in [0.2, 0.25) is 0 Å². The highest BCUT2D eigenvalue weighted by atomic mass is 16.5. The molecule has 0 radical (unpaired) electrons. The second-order valence-electron chi connectivity index (χ2n) is 12.5. The molecule has 0 saturated carbocycles. The van der Waals surface area contributed by atoms with E-state index in [1.165, 1.54) is 35.7 Å². The van der Waals surface area contributed by atoms with Crippen molar-refractivity contribution in [2.24, 2.45) is 17.8 Å². The summed E-state index contributed by atoms with van der Waals surface area (Å²) in [4.78, 5) is 84.7. The lowest BCUT2D eigenvalue weighted by atomic mass is 9.94. The van der Waals surface area contributed by atoms with Crippen LogP contribution in [0.25, 0.3) is 0 Å². The normalized spacial score (nSPS) is 30.2. The summed E-state index contributed by atoms with van der Waals surface area (Å²) in [5.74, 6) is -4.54. The SMILES string of the molecule is CCC(C)C1NC(=O)C2C(C)CCN2C(=O)C(CC(O)CO)OC(=O)CCNC(=O)C(C)N(C)C(=O)C(C(C)C)N(C)C1=O. The van der Waals surface area contributed by atoms with Gasteiger partial charge in [0.15, 0.2) is 6.10 Å². The largest absolute Gasteiger partial charge is 0.452 e. The minimum absolute atomic E-state index is 0.151. The number of esters is 1. The van der Waals surface area contributed by atoms with Crippen LogP contribution in [0.15, 0.2) is 0 Å². The van der Waals surface area contributed by atoms with E-state index in [1.807, 2.05) is 13.8 Å². The van der Waals surface area contributed by atoms with Gasteiger partial charge in [0.05, 0.1) is 19.1 Å². The van der Waals surface area contributed by atoms with Crippen LogP contribution in [-0.2, 0) is 33.5 Å². The first-order valence-electron chi connectivity index (χ1n) is 15.5. The second-order valence-corrected chi connectivity index (χ2v) is 12.5. The maximum Gasteiger partial charge on any atom is 0.308 e. The van der Waals surface area contributed by atoms with E-state index in [4.69, 9.17) is 4.74 Å². The minimum atomic E-state index is -1.49. The third-order valence-electron chi connectivity index (χ3n) is 8.86. The van der Waals surface area contributed by atoms with E-state index in [-0.39, 0.29) is 37.3 Å². The van der Waals surface area contributed by atoms with Gasteiger partial charge in [-0.2, -0.15) is 0 Å². The first-order valence-corrected chi connectivity index (χ1v) is 15.5. The van der Waals surface area contributed by atoms with Crippen LogP contribution in [0.5, 0.6) is 0 Å². The van der Waals surface area contributed by atoms with Crippen molar-refractivity contribution in [2.45, 2.75) is 104 Å². The lowest BCUT2D eigenvalue weighted by molar-refractivity contribution is -0.164. The van der Waals surface area contributed by atoms with Crippen LogP contribution in [0.1, 0.15) is 67.2 Å². The Hall–Kier alpha value is -3.26. The van der Waals surface area contributed by atoms with Gasteiger partial charge in [0.1, 0.15) is 24.2 Å². The molecule has 250 valence electrons. The molecule has 0 aromatic rings. The van der Waals surface area contributed by atoms with Crippen molar-refractivity contribution in [3.05, 3.63) is 0 Å². The standard InChI is InChI=1S/C30H51N5O9/c1-9-17(4)23-29(42)34(8)24(16(2)3)30(43)33(7)19(6)26(39)31-12-10-22(38)44-21(14-20(37)15-36)28(41)35-13-11-18(5)25(35)27(40)32-23/h16-21,23-25,36-37H,9-15H2,1-8H3,(H,31,39)(H,32,40). The minimum Gasteiger partial charge on any atom is -0.452 e. The summed E-state index contributed by atoms with van der Waals surface area (Å²) in [7, 11) is 2.96. The molecule has 0 aromatic heterocycles. The zero-order chi connectivity index (χ0) is 33.5.